The van der Waals surface area contributed by atoms with Crippen LogP contribution in [0.5, 0.6) is 5.75 Å². The van der Waals surface area contributed by atoms with Gasteiger partial charge in [-0.25, -0.2) is 4.39 Å². The van der Waals surface area contributed by atoms with Gasteiger partial charge in [0, 0.05) is 6.20 Å². The molecule has 2 N–H and O–H groups in total. The molecule has 0 fully saturated rings. The lowest BCUT2D eigenvalue weighted by atomic mass is 10.2. The molecule has 1 aromatic heterocycles. The number of hydrogen-bond acceptors (Lipinski definition) is 3. The lowest BCUT2D eigenvalue weighted by Gasteiger charge is -2.12. The standard InChI is InChI=1S/C18H16ClFN4OS/c1-25-16-5-3-2-4-15(16)21-18(26)22-17-14(19)11-24(23-17)10-12-6-8-13(20)9-7-12/h2-9,11H,10H2,1H3,(H2,21,22,23,26). The van der Waals surface area contributed by atoms with Crippen molar-refractivity contribution < 1.29 is 9.13 Å². The molecule has 0 saturated heterocycles. The molecule has 0 radical (unpaired) electrons. The molecule has 2 aromatic carbocycles. The topological polar surface area (TPSA) is 51.1 Å². The molecule has 0 amide bonds. The van der Waals surface area contributed by atoms with E-state index in [1.165, 1.54) is 12.1 Å². The third kappa shape index (κ3) is 4.50. The van der Waals surface area contributed by atoms with Crippen molar-refractivity contribution >= 4 is 40.4 Å². The zero-order chi connectivity index (χ0) is 18.5. The highest BCUT2D eigenvalue weighted by molar-refractivity contribution is 7.80. The number of benzene rings is 2. The lowest BCUT2D eigenvalue weighted by molar-refractivity contribution is 0.417. The first-order valence-electron chi connectivity index (χ1n) is 7.73. The van der Waals surface area contributed by atoms with Crippen molar-refractivity contribution in [3.8, 4) is 5.75 Å². The zero-order valence-electron chi connectivity index (χ0n) is 13.9. The highest BCUT2D eigenvalue weighted by Gasteiger charge is 2.10. The monoisotopic (exact) mass is 390 g/mol. The van der Waals surface area contributed by atoms with Crippen LogP contribution in [0.4, 0.5) is 15.9 Å². The number of nitrogens with zero attached hydrogens (tertiary/aromatic N) is 2. The van der Waals surface area contributed by atoms with E-state index in [2.05, 4.69) is 15.7 Å². The van der Waals surface area contributed by atoms with Crippen LogP contribution in [0.3, 0.4) is 0 Å². The van der Waals surface area contributed by atoms with Gasteiger partial charge in [0.1, 0.15) is 16.6 Å². The first-order valence-corrected chi connectivity index (χ1v) is 8.52. The van der Waals surface area contributed by atoms with Gasteiger partial charge in [-0.1, -0.05) is 35.9 Å². The number of ether oxygens (including phenoxy) is 1. The zero-order valence-corrected chi connectivity index (χ0v) is 15.4. The van der Waals surface area contributed by atoms with Crippen molar-refractivity contribution in [2.24, 2.45) is 0 Å². The maximum atomic E-state index is 13.0. The van der Waals surface area contributed by atoms with Crippen molar-refractivity contribution in [3.05, 3.63) is 71.1 Å². The van der Waals surface area contributed by atoms with Gasteiger partial charge in [-0.15, -0.1) is 0 Å². The summed E-state index contributed by atoms with van der Waals surface area (Å²) in [6.45, 7) is 0.467. The van der Waals surface area contributed by atoms with Crippen LogP contribution in [0.25, 0.3) is 0 Å². The average Bonchev–Trinajstić information content (AvgIpc) is 2.96. The summed E-state index contributed by atoms with van der Waals surface area (Å²) in [5.41, 5.74) is 1.64. The van der Waals surface area contributed by atoms with Gasteiger partial charge >= 0.3 is 0 Å². The molecule has 8 heteroatoms. The Bertz CT molecular complexity index is 914. The van der Waals surface area contributed by atoms with Crippen molar-refractivity contribution in [2.75, 3.05) is 17.7 Å². The molecule has 0 aliphatic carbocycles. The van der Waals surface area contributed by atoms with E-state index in [0.29, 0.717) is 28.2 Å². The first kappa shape index (κ1) is 18.2. The fourth-order valence-electron chi connectivity index (χ4n) is 2.35. The molecule has 3 aromatic rings. The molecular formula is C18H16ClFN4OS. The Morgan fingerprint density at radius 2 is 1.92 bits per heavy atom. The number of hydrogen-bond donors (Lipinski definition) is 2. The van der Waals surface area contributed by atoms with Crippen LogP contribution in [0, 0.1) is 5.82 Å². The van der Waals surface area contributed by atoms with E-state index < -0.39 is 0 Å². The maximum absolute atomic E-state index is 13.0. The average molecular weight is 391 g/mol. The van der Waals surface area contributed by atoms with Gasteiger partial charge in [-0.2, -0.15) is 5.10 Å². The normalized spacial score (nSPS) is 10.4. The molecule has 3 rings (SSSR count). The summed E-state index contributed by atoms with van der Waals surface area (Å²) >= 11 is 11.5. The van der Waals surface area contributed by atoms with Gasteiger partial charge in [0.15, 0.2) is 10.9 Å². The van der Waals surface area contributed by atoms with Crippen LogP contribution < -0.4 is 15.4 Å². The number of halogens is 2. The van der Waals surface area contributed by atoms with Crippen molar-refractivity contribution in [3.63, 3.8) is 0 Å². The molecule has 5 nitrogen and oxygen atoms in total. The third-order valence-corrected chi connectivity index (χ3v) is 4.04. The van der Waals surface area contributed by atoms with E-state index in [1.54, 1.807) is 30.1 Å². The summed E-state index contributed by atoms with van der Waals surface area (Å²) in [4.78, 5) is 0. The van der Waals surface area contributed by atoms with Crippen LogP contribution >= 0.6 is 23.8 Å². The van der Waals surface area contributed by atoms with Gasteiger partial charge in [-0.3, -0.25) is 4.68 Å². The van der Waals surface area contributed by atoms with Gasteiger partial charge in [0.05, 0.1) is 19.3 Å². The molecule has 0 saturated carbocycles. The molecule has 0 aliphatic heterocycles. The number of thiocarbonyl (C=S) groups is 1. The Labute approximate surface area is 160 Å². The molecular weight excluding hydrogens is 375 g/mol. The SMILES string of the molecule is COc1ccccc1NC(=S)Nc1nn(Cc2ccc(F)cc2)cc1Cl. The molecule has 1 heterocycles. The Morgan fingerprint density at radius 1 is 1.19 bits per heavy atom. The molecule has 26 heavy (non-hydrogen) atoms. The van der Waals surface area contributed by atoms with Gasteiger partial charge < -0.3 is 15.4 Å². The van der Waals surface area contributed by atoms with Crippen LogP contribution in [0.1, 0.15) is 5.56 Å². The summed E-state index contributed by atoms with van der Waals surface area (Å²) < 4.78 is 19.9. The minimum absolute atomic E-state index is 0.276. The lowest BCUT2D eigenvalue weighted by Crippen LogP contribution is -2.20. The molecule has 0 spiro atoms. The Hall–Kier alpha value is -2.64. The second-order valence-electron chi connectivity index (χ2n) is 5.43. The largest absolute Gasteiger partial charge is 0.495 e. The minimum Gasteiger partial charge on any atom is -0.495 e. The van der Waals surface area contributed by atoms with Gasteiger partial charge in [-0.05, 0) is 42.0 Å². The summed E-state index contributed by atoms with van der Waals surface area (Å²) in [7, 11) is 1.59. The number of methoxy groups -OCH3 is 1. The van der Waals surface area contributed by atoms with E-state index in [0.717, 1.165) is 11.3 Å². The number of rotatable bonds is 5. The quantitative estimate of drug-likeness (QED) is 0.626. The summed E-state index contributed by atoms with van der Waals surface area (Å²) in [6.07, 6.45) is 1.68. The highest BCUT2D eigenvalue weighted by atomic mass is 35.5. The van der Waals surface area contributed by atoms with Crippen LogP contribution in [-0.4, -0.2) is 22.0 Å². The van der Waals surface area contributed by atoms with E-state index in [-0.39, 0.29) is 5.82 Å². The molecule has 134 valence electrons. The first-order chi connectivity index (χ1) is 12.5. The third-order valence-electron chi connectivity index (χ3n) is 3.56. The smallest absolute Gasteiger partial charge is 0.176 e. The Balaban J connectivity index is 1.67. The fourth-order valence-corrected chi connectivity index (χ4v) is 2.75. The van der Waals surface area contributed by atoms with Gasteiger partial charge in [0.25, 0.3) is 0 Å². The van der Waals surface area contributed by atoms with Crippen molar-refractivity contribution in [2.45, 2.75) is 6.54 Å². The summed E-state index contributed by atoms with van der Waals surface area (Å²) in [6, 6.07) is 13.6. The van der Waals surface area contributed by atoms with Crippen LogP contribution in [0.15, 0.2) is 54.7 Å². The Morgan fingerprint density at radius 3 is 2.65 bits per heavy atom. The van der Waals surface area contributed by atoms with Gasteiger partial charge in [0.2, 0.25) is 0 Å². The molecule has 0 atom stereocenters. The minimum atomic E-state index is -0.276. The van der Waals surface area contributed by atoms with Crippen molar-refractivity contribution in [1.82, 2.24) is 9.78 Å². The van der Waals surface area contributed by atoms with Crippen LogP contribution in [-0.2, 0) is 6.54 Å². The maximum Gasteiger partial charge on any atom is 0.176 e. The van der Waals surface area contributed by atoms with E-state index in [9.17, 15) is 4.39 Å². The summed E-state index contributed by atoms with van der Waals surface area (Å²) in [5, 5.41) is 11.2. The van der Waals surface area contributed by atoms with Crippen LogP contribution in [0.2, 0.25) is 5.02 Å². The van der Waals surface area contributed by atoms with E-state index >= 15 is 0 Å². The van der Waals surface area contributed by atoms with E-state index in [4.69, 9.17) is 28.6 Å². The molecule has 0 unspecified atom stereocenters. The second-order valence-corrected chi connectivity index (χ2v) is 6.24. The predicted molar refractivity (Wildman–Crippen MR) is 106 cm³/mol. The van der Waals surface area contributed by atoms with Crippen molar-refractivity contribution in [1.29, 1.82) is 0 Å². The number of nitrogens with one attached hydrogen (secondary N) is 2. The van der Waals surface area contributed by atoms with E-state index in [1.807, 2.05) is 24.3 Å². The molecule has 0 bridgehead atoms. The summed E-state index contributed by atoms with van der Waals surface area (Å²) in [5.74, 6) is 0.827. The fraction of sp³-hybridized carbons (Fsp3) is 0.111. The number of aromatic nitrogens is 2. The molecule has 0 aliphatic rings. The Kier molecular flexibility index (Phi) is 5.70. The second kappa shape index (κ2) is 8.16. The number of anilines is 2. The highest BCUT2D eigenvalue weighted by Crippen LogP contribution is 2.24. The predicted octanol–water partition coefficient (Wildman–Crippen LogP) is 4.54. The number of para-hydroxylation sites is 2.